The fourth-order valence-electron chi connectivity index (χ4n) is 2.87. The number of aryl methyl sites for hydroxylation is 2. The highest BCUT2D eigenvalue weighted by atomic mass is 14.6. The number of rotatable bonds is 0. The Kier molecular flexibility index (Phi) is 2.20. The highest BCUT2D eigenvalue weighted by Gasteiger charge is 2.11. The average Bonchev–Trinajstić information content (AvgIpc) is 2.35. The minimum absolute atomic E-state index is 0.831. The van der Waals surface area contributed by atoms with Crippen molar-refractivity contribution < 1.29 is 0 Å². The molecular weight excluding hydrogens is 220 g/mol. The second-order valence-corrected chi connectivity index (χ2v) is 4.79. The molecule has 3 aromatic carbocycles. The Morgan fingerprint density at radius 2 is 1.06 bits per heavy atom. The molecule has 0 saturated carbocycles. The average molecular weight is 236 g/mol. The lowest BCUT2D eigenvalue weighted by Crippen LogP contribution is -1.96. The summed E-state index contributed by atoms with van der Waals surface area (Å²) >= 11 is 0. The van der Waals surface area contributed by atoms with E-state index in [1.807, 2.05) is 24.3 Å². The van der Waals surface area contributed by atoms with Gasteiger partial charge in [-0.25, -0.2) is 0 Å². The number of nitrogen functional groups attached to an aromatic ring is 2. The fourth-order valence-corrected chi connectivity index (χ4v) is 2.87. The van der Waals surface area contributed by atoms with E-state index in [-0.39, 0.29) is 0 Å². The molecule has 0 heterocycles. The molecule has 4 N–H and O–H groups in total. The Morgan fingerprint density at radius 3 is 1.44 bits per heavy atom. The van der Waals surface area contributed by atoms with Crippen LogP contribution in [0.2, 0.25) is 0 Å². The van der Waals surface area contributed by atoms with E-state index in [9.17, 15) is 0 Å². The Hall–Kier alpha value is -2.22. The molecule has 0 aromatic heterocycles. The first-order chi connectivity index (χ1) is 8.61. The van der Waals surface area contributed by atoms with Crippen LogP contribution >= 0.6 is 0 Å². The van der Waals surface area contributed by atoms with Crippen molar-refractivity contribution in [2.24, 2.45) is 0 Å². The van der Waals surface area contributed by atoms with Crippen molar-refractivity contribution >= 4 is 32.9 Å². The van der Waals surface area contributed by atoms with Gasteiger partial charge in [-0.2, -0.15) is 0 Å². The summed E-state index contributed by atoms with van der Waals surface area (Å²) in [6.45, 7) is 4.22. The van der Waals surface area contributed by atoms with Gasteiger partial charge in [0.2, 0.25) is 0 Å². The van der Waals surface area contributed by atoms with Crippen molar-refractivity contribution in [3.05, 3.63) is 47.5 Å². The zero-order valence-electron chi connectivity index (χ0n) is 10.6. The van der Waals surface area contributed by atoms with E-state index in [1.54, 1.807) is 0 Å². The summed E-state index contributed by atoms with van der Waals surface area (Å²) in [6.07, 6.45) is 0. The van der Waals surface area contributed by atoms with E-state index in [0.29, 0.717) is 0 Å². The fraction of sp³-hybridized carbons (Fsp3) is 0.125. The first kappa shape index (κ1) is 10.9. The highest BCUT2D eigenvalue weighted by molar-refractivity contribution is 6.12. The van der Waals surface area contributed by atoms with Crippen molar-refractivity contribution in [1.29, 1.82) is 0 Å². The molecule has 0 radical (unpaired) electrons. The lowest BCUT2D eigenvalue weighted by atomic mass is 9.91. The predicted octanol–water partition coefficient (Wildman–Crippen LogP) is 3.77. The van der Waals surface area contributed by atoms with Crippen LogP contribution in [0, 0.1) is 13.8 Å². The monoisotopic (exact) mass is 236 g/mol. The van der Waals surface area contributed by atoms with Gasteiger partial charge in [0.15, 0.2) is 0 Å². The molecule has 0 unspecified atom stereocenters. The number of anilines is 2. The van der Waals surface area contributed by atoms with Gasteiger partial charge in [-0.15, -0.1) is 0 Å². The summed E-state index contributed by atoms with van der Waals surface area (Å²) in [5.74, 6) is 0. The lowest BCUT2D eigenvalue weighted by Gasteiger charge is -2.15. The maximum atomic E-state index is 6.12. The van der Waals surface area contributed by atoms with Crippen molar-refractivity contribution in [2.75, 3.05) is 11.5 Å². The SMILES string of the molecule is Cc1c2cccc(N)c2c(C)c2cccc(N)c12. The zero-order chi connectivity index (χ0) is 12.9. The van der Waals surface area contributed by atoms with E-state index < -0.39 is 0 Å². The van der Waals surface area contributed by atoms with Crippen LogP contribution < -0.4 is 11.5 Å². The first-order valence-electron chi connectivity index (χ1n) is 6.07. The third kappa shape index (κ3) is 1.29. The smallest absolute Gasteiger partial charge is 0.0396 e. The summed E-state index contributed by atoms with van der Waals surface area (Å²) in [5, 5.41) is 4.68. The Labute approximate surface area is 106 Å². The van der Waals surface area contributed by atoms with E-state index in [4.69, 9.17) is 11.5 Å². The van der Waals surface area contributed by atoms with Crippen LogP contribution in [0.15, 0.2) is 36.4 Å². The van der Waals surface area contributed by atoms with Crippen LogP contribution in [-0.2, 0) is 0 Å². The van der Waals surface area contributed by atoms with Gasteiger partial charge in [-0.05, 0) is 47.9 Å². The predicted molar refractivity (Wildman–Crippen MR) is 79.8 cm³/mol. The maximum absolute atomic E-state index is 6.12. The summed E-state index contributed by atoms with van der Waals surface area (Å²) in [5.41, 5.74) is 16.3. The van der Waals surface area contributed by atoms with E-state index >= 15 is 0 Å². The second kappa shape index (κ2) is 3.64. The van der Waals surface area contributed by atoms with Gasteiger partial charge < -0.3 is 11.5 Å². The van der Waals surface area contributed by atoms with E-state index in [1.165, 1.54) is 21.9 Å². The molecular formula is C16H16N2. The molecule has 0 aliphatic rings. The topological polar surface area (TPSA) is 52.0 Å². The molecule has 2 heteroatoms. The molecule has 0 bridgehead atoms. The quantitative estimate of drug-likeness (QED) is 0.461. The summed E-state index contributed by atoms with van der Waals surface area (Å²) in [4.78, 5) is 0. The third-order valence-electron chi connectivity index (χ3n) is 3.75. The number of fused-ring (bicyclic) bond motifs is 2. The minimum Gasteiger partial charge on any atom is -0.398 e. The molecule has 18 heavy (non-hydrogen) atoms. The van der Waals surface area contributed by atoms with Crippen molar-refractivity contribution in [2.45, 2.75) is 13.8 Å². The summed E-state index contributed by atoms with van der Waals surface area (Å²) in [6, 6.07) is 12.1. The molecule has 0 saturated heterocycles. The molecule has 0 spiro atoms. The molecule has 2 nitrogen and oxygen atoms in total. The summed E-state index contributed by atoms with van der Waals surface area (Å²) in [7, 11) is 0. The van der Waals surface area contributed by atoms with Gasteiger partial charge in [0, 0.05) is 22.1 Å². The normalized spacial score (nSPS) is 11.2. The Bertz CT molecular complexity index is 705. The van der Waals surface area contributed by atoms with Crippen molar-refractivity contribution in [3.8, 4) is 0 Å². The van der Waals surface area contributed by atoms with Gasteiger partial charge in [-0.1, -0.05) is 24.3 Å². The molecule has 0 aliphatic heterocycles. The highest BCUT2D eigenvalue weighted by Crippen LogP contribution is 2.37. The number of benzene rings is 3. The lowest BCUT2D eigenvalue weighted by molar-refractivity contribution is 1.52. The van der Waals surface area contributed by atoms with E-state index in [0.717, 1.165) is 22.1 Å². The Balaban J connectivity index is 2.70. The van der Waals surface area contributed by atoms with Crippen molar-refractivity contribution in [3.63, 3.8) is 0 Å². The van der Waals surface area contributed by atoms with Crippen LogP contribution in [0.25, 0.3) is 21.5 Å². The largest absolute Gasteiger partial charge is 0.398 e. The van der Waals surface area contributed by atoms with Crippen molar-refractivity contribution in [1.82, 2.24) is 0 Å². The van der Waals surface area contributed by atoms with Crippen LogP contribution in [-0.4, -0.2) is 0 Å². The van der Waals surface area contributed by atoms with Gasteiger partial charge in [0.25, 0.3) is 0 Å². The molecule has 3 aromatic rings. The van der Waals surface area contributed by atoms with Crippen LogP contribution in [0.3, 0.4) is 0 Å². The molecule has 3 rings (SSSR count). The molecule has 0 fully saturated rings. The first-order valence-corrected chi connectivity index (χ1v) is 6.07. The number of nitrogens with two attached hydrogens (primary N) is 2. The molecule has 0 atom stereocenters. The van der Waals surface area contributed by atoms with Crippen LogP contribution in [0.5, 0.6) is 0 Å². The minimum atomic E-state index is 0.831. The van der Waals surface area contributed by atoms with Crippen LogP contribution in [0.1, 0.15) is 11.1 Å². The number of hydrogen-bond donors (Lipinski definition) is 2. The zero-order valence-corrected chi connectivity index (χ0v) is 10.6. The standard InChI is InChI=1S/C16H16N2/c1-9-11-5-3-8-14(18)16(11)10(2)12-6-4-7-13(17)15(9)12/h3-8H,17-18H2,1-2H3. The van der Waals surface area contributed by atoms with Gasteiger partial charge in [0.1, 0.15) is 0 Å². The van der Waals surface area contributed by atoms with Gasteiger partial charge >= 0.3 is 0 Å². The Morgan fingerprint density at radius 1 is 0.667 bits per heavy atom. The van der Waals surface area contributed by atoms with Gasteiger partial charge in [0.05, 0.1) is 0 Å². The van der Waals surface area contributed by atoms with Gasteiger partial charge in [-0.3, -0.25) is 0 Å². The third-order valence-corrected chi connectivity index (χ3v) is 3.75. The number of hydrogen-bond acceptors (Lipinski definition) is 2. The molecule has 0 amide bonds. The molecule has 0 aliphatic carbocycles. The second-order valence-electron chi connectivity index (χ2n) is 4.79. The maximum Gasteiger partial charge on any atom is 0.0396 e. The molecule has 90 valence electrons. The van der Waals surface area contributed by atoms with E-state index in [2.05, 4.69) is 26.0 Å². The summed E-state index contributed by atoms with van der Waals surface area (Å²) < 4.78 is 0. The van der Waals surface area contributed by atoms with Crippen LogP contribution in [0.4, 0.5) is 11.4 Å².